The van der Waals surface area contributed by atoms with Gasteiger partial charge in [-0.3, -0.25) is 14.4 Å². The van der Waals surface area contributed by atoms with Crippen molar-refractivity contribution in [1.82, 2.24) is 0 Å². The molecule has 4 rings (SSSR count). The van der Waals surface area contributed by atoms with Crippen molar-refractivity contribution in [3.05, 3.63) is 11.6 Å². The Kier molecular flexibility index (Phi) is 9.07. The van der Waals surface area contributed by atoms with Crippen LogP contribution in [-0.2, 0) is 28.6 Å². The van der Waals surface area contributed by atoms with Crippen LogP contribution in [-0.4, -0.2) is 46.9 Å². The average Bonchev–Trinajstić information content (AvgIpc) is 3.21. The third-order valence-corrected chi connectivity index (χ3v) is 13.1. The van der Waals surface area contributed by atoms with Crippen LogP contribution in [0.15, 0.2) is 11.6 Å². The van der Waals surface area contributed by atoms with Crippen molar-refractivity contribution in [3.8, 4) is 0 Å². The molecule has 0 aliphatic heterocycles. The second kappa shape index (κ2) is 11.5. The summed E-state index contributed by atoms with van der Waals surface area (Å²) in [4.78, 5) is 37.4. The normalized spacial score (nSPS) is 42.7. The van der Waals surface area contributed by atoms with Crippen LogP contribution in [0.5, 0.6) is 0 Å². The number of hydrogen-bond acceptors (Lipinski definition) is 7. The maximum atomic E-state index is 12.6. The molecular weight excluding hydrogens is 544 g/mol. The lowest BCUT2D eigenvalue weighted by molar-refractivity contribution is -0.280. The number of fused-ring (bicyclic) bond motifs is 5. The number of hydrogen-bond donors (Lipinski definition) is 1. The summed E-state index contributed by atoms with van der Waals surface area (Å²) in [5.41, 5.74) is -0.813. The molecule has 0 aromatic heterocycles. The molecule has 7 nitrogen and oxygen atoms in total. The minimum atomic E-state index is -0.906. The Morgan fingerprint density at radius 1 is 0.837 bits per heavy atom. The molecule has 0 aromatic rings. The van der Waals surface area contributed by atoms with Gasteiger partial charge in [0.15, 0.2) is 0 Å². The van der Waals surface area contributed by atoms with Crippen molar-refractivity contribution in [3.63, 3.8) is 0 Å². The monoisotopic (exact) mass is 602 g/mol. The third kappa shape index (κ3) is 5.70. The Morgan fingerprint density at radius 2 is 1.42 bits per heavy atom. The Balaban J connectivity index is 1.82. The molecule has 1 N–H and O–H groups in total. The van der Waals surface area contributed by atoms with Gasteiger partial charge in [-0.2, -0.15) is 0 Å². The third-order valence-electron chi connectivity index (χ3n) is 13.1. The fourth-order valence-electron chi connectivity index (χ4n) is 11.4. The lowest BCUT2D eigenvalue weighted by Gasteiger charge is -2.71. The predicted molar refractivity (Wildman–Crippen MR) is 166 cm³/mol. The van der Waals surface area contributed by atoms with Gasteiger partial charge in [0.2, 0.25) is 0 Å². The van der Waals surface area contributed by atoms with Crippen LogP contribution in [0.1, 0.15) is 128 Å². The Bertz CT molecular complexity index is 1130. The number of aliphatic hydroxyl groups is 1. The van der Waals surface area contributed by atoms with Crippen LogP contribution in [0.3, 0.4) is 0 Å². The number of ether oxygens (including phenoxy) is 3. The van der Waals surface area contributed by atoms with Crippen LogP contribution >= 0.6 is 0 Å². The minimum Gasteiger partial charge on any atom is -0.462 e. The molecule has 0 amide bonds. The van der Waals surface area contributed by atoms with Crippen LogP contribution in [0.4, 0.5) is 0 Å². The van der Waals surface area contributed by atoms with Gasteiger partial charge in [0, 0.05) is 38.0 Å². The number of allylic oxidation sites excluding steroid dienone is 2. The number of esters is 3. The minimum absolute atomic E-state index is 0.0112. The number of rotatable bonds is 7. The highest BCUT2D eigenvalue weighted by atomic mass is 16.6. The standard InChI is InChI=1S/C36H58O7/c1-21(2)13-12-16-36(11,40)25-14-18-34(9)30(25)26(41-22(3)37)19-28-33(8)17-15-29(43-24(5)39)32(6,7)31(33)27(42-23(4)38)20-35(28,34)10/h13,25-31,40H,12,14-20H2,1-11H3/t25-,26+,27-,28+,29-,30-,31-,33+,34+,35+,36-/m0/s1. The van der Waals surface area contributed by atoms with Gasteiger partial charge in [0.1, 0.15) is 18.3 Å². The lowest BCUT2D eigenvalue weighted by Crippen LogP contribution is -2.70. The van der Waals surface area contributed by atoms with Gasteiger partial charge in [-0.1, -0.05) is 46.3 Å². The average molecular weight is 603 g/mol. The molecule has 7 heteroatoms. The van der Waals surface area contributed by atoms with E-state index < -0.39 is 11.0 Å². The summed E-state index contributed by atoms with van der Waals surface area (Å²) < 4.78 is 18.4. The zero-order valence-corrected chi connectivity index (χ0v) is 28.7. The molecular formula is C36H58O7. The Labute approximate surface area is 259 Å². The molecule has 0 radical (unpaired) electrons. The van der Waals surface area contributed by atoms with Crippen molar-refractivity contribution < 1.29 is 33.7 Å². The topological polar surface area (TPSA) is 99.1 Å². The highest BCUT2D eigenvalue weighted by Gasteiger charge is 2.74. The van der Waals surface area contributed by atoms with Crippen molar-refractivity contribution in [1.29, 1.82) is 0 Å². The summed E-state index contributed by atoms with van der Waals surface area (Å²) in [6.45, 7) is 22.0. The quantitative estimate of drug-likeness (QED) is 0.187. The largest absolute Gasteiger partial charge is 0.462 e. The summed E-state index contributed by atoms with van der Waals surface area (Å²) in [6.07, 6.45) is 7.48. The summed E-state index contributed by atoms with van der Waals surface area (Å²) in [6, 6.07) is 0. The van der Waals surface area contributed by atoms with Crippen LogP contribution in [0.25, 0.3) is 0 Å². The zero-order chi connectivity index (χ0) is 32.3. The second-order valence-corrected chi connectivity index (χ2v) is 16.4. The molecule has 244 valence electrons. The molecule has 4 saturated carbocycles. The molecule has 4 aliphatic carbocycles. The van der Waals surface area contributed by atoms with Gasteiger partial charge < -0.3 is 19.3 Å². The van der Waals surface area contributed by atoms with E-state index in [-0.39, 0.29) is 76.1 Å². The fraction of sp³-hybridized carbons (Fsp3) is 0.861. The van der Waals surface area contributed by atoms with E-state index in [0.29, 0.717) is 19.3 Å². The van der Waals surface area contributed by atoms with Gasteiger partial charge in [-0.05, 0) is 100 Å². The first-order valence-electron chi connectivity index (χ1n) is 16.6. The van der Waals surface area contributed by atoms with Crippen LogP contribution in [0.2, 0.25) is 0 Å². The molecule has 0 saturated heterocycles. The van der Waals surface area contributed by atoms with Crippen LogP contribution < -0.4 is 0 Å². The van der Waals surface area contributed by atoms with Gasteiger partial charge in [-0.25, -0.2) is 0 Å². The molecule has 11 atom stereocenters. The van der Waals surface area contributed by atoms with E-state index in [1.54, 1.807) is 0 Å². The molecule has 0 aromatic carbocycles. The molecule has 0 bridgehead atoms. The smallest absolute Gasteiger partial charge is 0.302 e. The predicted octanol–water partition coefficient (Wildman–Crippen LogP) is 7.18. The molecule has 4 fully saturated rings. The zero-order valence-electron chi connectivity index (χ0n) is 28.7. The number of carbonyl (C=O) groups excluding carboxylic acids is 3. The Hall–Kier alpha value is -1.89. The molecule has 43 heavy (non-hydrogen) atoms. The summed E-state index contributed by atoms with van der Waals surface area (Å²) >= 11 is 0. The van der Waals surface area contributed by atoms with E-state index in [9.17, 15) is 19.5 Å². The SMILES string of the molecule is CC(=O)O[C@H]1C[C@]2(C)[C@H](C[C@@H](OC(C)=O)[C@@H]3[C@@H]([C@@](C)(O)CCC=C(C)C)CC[C@]32C)[C@@]2(C)CC[C@H](OC(C)=O)C(C)(C)[C@H]12. The van der Waals surface area contributed by atoms with Crippen molar-refractivity contribution >= 4 is 17.9 Å². The Morgan fingerprint density at radius 3 is 1.98 bits per heavy atom. The van der Waals surface area contributed by atoms with E-state index in [2.05, 4.69) is 54.5 Å². The van der Waals surface area contributed by atoms with Gasteiger partial charge in [-0.15, -0.1) is 0 Å². The van der Waals surface area contributed by atoms with E-state index in [0.717, 1.165) is 32.1 Å². The van der Waals surface area contributed by atoms with Crippen molar-refractivity contribution in [2.75, 3.05) is 0 Å². The van der Waals surface area contributed by atoms with E-state index in [1.165, 1.54) is 26.3 Å². The maximum Gasteiger partial charge on any atom is 0.302 e. The van der Waals surface area contributed by atoms with Gasteiger partial charge in [0.05, 0.1) is 5.60 Å². The summed E-state index contributed by atoms with van der Waals surface area (Å²) in [7, 11) is 0. The van der Waals surface area contributed by atoms with E-state index >= 15 is 0 Å². The molecule has 0 spiro atoms. The van der Waals surface area contributed by atoms with Crippen molar-refractivity contribution in [2.24, 2.45) is 45.3 Å². The van der Waals surface area contributed by atoms with Gasteiger partial charge >= 0.3 is 17.9 Å². The van der Waals surface area contributed by atoms with Crippen LogP contribution in [0, 0.1) is 45.3 Å². The molecule has 4 aliphatic rings. The molecule has 0 unspecified atom stereocenters. The van der Waals surface area contributed by atoms with Crippen molar-refractivity contribution in [2.45, 2.75) is 151 Å². The number of carbonyl (C=O) groups is 3. The first kappa shape index (κ1) is 34.0. The lowest BCUT2D eigenvalue weighted by atomic mass is 9.34. The second-order valence-electron chi connectivity index (χ2n) is 16.4. The first-order valence-corrected chi connectivity index (χ1v) is 16.6. The van der Waals surface area contributed by atoms with E-state index in [1.807, 2.05) is 6.92 Å². The van der Waals surface area contributed by atoms with Gasteiger partial charge in [0.25, 0.3) is 0 Å². The fourth-order valence-corrected chi connectivity index (χ4v) is 11.4. The maximum absolute atomic E-state index is 12.6. The highest BCUT2D eigenvalue weighted by Crippen LogP contribution is 2.76. The molecule has 0 heterocycles. The first-order chi connectivity index (χ1) is 19.7. The highest BCUT2D eigenvalue weighted by molar-refractivity contribution is 5.67. The summed E-state index contributed by atoms with van der Waals surface area (Å²) in [5.74, 6) is -0.733. The van der Waals surface area contributed by atoms with E-state index in [4.69, 9.17) is 14.2 Å². The summed E-state index contributed by atoms with van der Waals surface area (Å²) in [5, 5.41) is 12.0.